The largest absolute Gasteiger partial charge is 0.496 e. The monoisotopic (exact) mass is 410 g/mol. The Kier molecular flexibility index (Phi) is 9.23. The van der Waals surface area contributed by atoms with E-state index < -0.39 is 23.6 Å². The van der Waals surface area contributed by atoms with E-state index in [1.807, 2.05) is 20.8 Å². The zero-order valence-corrected chi connectivity index (χ0v) is 18.6. The Balaban J connectivity index is 2.67. The number of hydrogen-bond donors (Lipinski definition) is 2. The first-order chi connectivity index (χ1) is 13.4. The predicted octanol–water partition coefficient (Wildman–Crippen LogP) is 3.14. The van der Waals surface area contributed by atoms with Crippen LogP contribution in [-0.4, -0.2) is 50.5 Å². The van der Waals surface area contributed by atoms with E-state index in [2.05, 4.69) is 10.6 Å². The molecule has 0 heterocycles. The van der Waals surface area contributed by atoms with E-state index in [1.165, 1.54) is 0 Å². The average Bonchev–Trinajstić information content (AvgIpc) is 2.61. The Hall–Kier alpha value is -2.48. The lowest BCUT2D eigenvalue weighted by atomic mass is 10.0. The van der Waals surface area contributed by atoms with Crippen LogP contribution in [0.2, 0.25) is 0 Å². The molecule has 0 radical (unpaired) electrons. The molecule has 0 bridgehead atoms. The van der Waals surface area contributed by atoms with Crippen LogP contribution in [-0.2, 0) is 9.53 Å². The fourth-order valence-electron chi connectivity index (χ4n) is 2.49. The van der Waals surface area contributed by atoms with Gasteiger partial charge < -0.3 is 18.9 Å². The van der Waals surface area contributed by atoms with Crippen LogP contribution in [0.1, 0.15) is 41.5 Å². The fraction of sp³-hybridized carbons (Fsp3) is 0.619. The van der Waals surface area contributed by atoms with Crippen LogP contribution >= 0.6 is 0 Å². The lowest BCUT2D eigenvalue weighted by Crippen LogP contribution is -2.53. The third-order valence-electron chi connectivity index (χ3n) is 3.86. The number of imide groups is 1. The average molecular weight is 411 g/mol. The minimum Gasteiger partial charge on any atom is -0.496 e. The van der Waals surface area contributed by atoms with E-state index >= 15 is 0 Å². The van der Waals surface area contributed by atoms with Gasteiger partial charge in [0.05, 0.1) is 20.3 Å². The van der Waals surface area contributed by atoms with Crippen molar-refractivity contribution in [3.63, 3.8) is 0 Å². The molecule has 0 fully saturated rings. The second kappa shape index (κ2) is 10.9. The summed E-state index contributed by atoms with van der Waals surface area (Å²) in [5.41, 5.74) is -0.677. The van der Waals surface area contributed by atoms with Gasteiger partial charge in [0, 0.05) is 24.2 Å². The van der Waals surface area contributed by atoms with Gasteiger partial charge in [-0.25, -0.2) is 4.79 Å². The molecule has 1 aromatic rings. The van der Waals surface area contributed by atoms with Crippen molar-refractivity contribution in [2.75, 3.05) is 20.8 Å². The van der Waals surface area contributed by atoms with Crippen LogP contribution in [0.5, 0.6) is 17.2 Å². The standard InChI is InChI=1S/C21H34N2O6/c1-13(2)18(19(24)23-20(25)29-21(4,5)6)22-14(3)12-28-17-10-15(26-7)9-16(11-17)27-8/h9-11,13-14,18,22H,12H2,1-8H3,(H,23,24,25)/t14?,18-/m0/s1. The first-order valence-corrected chi connectivity index (χ1v) is 9.61. The molecule has 8 nitrogen and oxygen atoms in total. The number of carbonyl (C=O) groups excluding carboxylic acids is 2. The Labute approximate surface area is 173 Å². The molecule has 164 valence electrons. The van der Waals surface area contributed by atoms with Gasteiger partial charge in [-0.05, 0) is 33.6 Å². The molecule has 0 saturated heterocycles. The summed E-state index contributed by atoms with van der Waals surface area (Å²) in [7, 11) is 3.14. The summed E-state index contributed by atoms with van der Waals surface area (Å²) >= 11 is 0. The number of benzene rings is 1. The van der Waals surface area contributed by atoms with Crippen molar-refractivity contribution < 1.29 is 28.5 Å². The van der Waals surface area contributed by atoms with Crippen molar-refractivity contribution in [2.45, 2.75) is 59.2 Å². The minimum absolute atomic E-state index is 0.0446. The van der Waals surface area contributed by atoms with Crippen LogP contribution < -0.4 is 24.8 Å². The summed E-state index contributed by atoms with van der Waals surface area (Å²) < 4.78 is 21.4. The number of carbonyl (C=O) groups is 2. The maximum absolute atomic E-state index is 12.5. The van der Waals surface area contributed by atoms with Crippen LogP contribution in [0.15, 0.2) is 18.2 Å². The molecule has 0 saturated carbocycles. The molecule has 1 unspecified atom stereocenters. The second-order valence-electron chi connectivity index (χ2n) is 8.14. The zero-order valence-electron chi connectivity index (χ0n) is 18.6. The number of alkyl carbamates (subject to hydrolysis) is 1. The highest BCUT2D eigenvalue weighted by Gasteiger charge is 2.27. The van der Waals surface area contributed by atoms with E-state index in [1.54, 1.807) is 53.2 Å². The minimum atomic E-state index is -0.762. The highest BCUT2D eigenvalue weighted by atomic mass is 16.6. The topological polar surface area (TPSA) is 95.1 Å². The maximum atomic E-state index is 12.5. The van der Waals surface area contributed by atoms with Crippen LogP contribution in [0.4, 0.5) is 4.79 Å². The smallest absolute Gasteiger partial charge is 0.414 e. The number of hydrogen-bond acceptors (Lipinski definition) is 7. The van der Waals surface area contributed by atoms with Crippen molar-refractivity contribution in [1.82, 2.24) is 10.6 Å². The second-order valence-corrected chi connectivity index (χ2v) is 8.14. The first-order valence-electron chi connectivity index (χ1n) is 9.61. The number of ether oxygens (including phenoxy) is 4. The van der Waals surface area contributed by atoms with Gasteiger partial charge in [-0.3, -0.25) is 15.4 Å². The van der Waals surface area contributed by atoms with E-state index in [0.717, 1.165) is 0 Å². The zero-order chi connectivity index (χ0) is 22.2. The van der Waals surface area contributed by atoms with E-state index in [4.69, 9.17) is 18.9 Å². The van der Waals surface area contributed by atoms with Crippen molar-refractivity contribution in [2.24, 2.45) is 5.92 Å². The molecular formula is C21H34N2O6. The highest BCUT2D eigenvalue weighted by molar-refractivity contribution is 5.95. The molecule has 0 aromatic heterocycles. The van der Waals surface area contributed by atoms with Crippen LogP contribution in [0, 0.1) is 5.92 Å². The van der Waals surface area contributed by atoms with Gasteiger partial charge in [0.1, 0.15) is 29.5 Å². The molecule has 2 N–H and O–H groups in total. The number of rotatable bonds is 9. The van der Waals surface area contributed by atoms with Gasteiger partial charge in [0.2, 0.25) is 5.91 Å². The Morgan fingerprint density at radius 3 is 1.93 bits per heavy atom. The molecule has 0 aliphatic heterocycles. The van der Waals surface area contributed by atoms with E-state index in [0.29, 0.717) is 23.9 Å². The Morgan fingerprint density at radius 1 is 0.966 bits per heavy atom. The molecule has 2 atom stereocenters. The predicted molar refractivity (Wildman–Crippen MR) is 111 cm³/mol. The quantitative estimate of drug-likeness (QED) is 0.646. The summed E-state index contributed by atoms with van der Waals surface area (Å²) in [4.78, 5) is 24.4. The highest BCUT2D eigenvalue weighted by Crippen LogP contribution is 2.27. The molecule has 2 amide bonds. The number of nitrogens with one attached hydrogen (secondary N) is 2. The summed E-state index contributed by atoms with van der Waals surface area (Å²) in [6, 6.07) is 4.52. The van der Waals surface area contributed by atoms with Crippen LogP contribution in [0.3, 0.4) is 0 Å². The normalized spacial score (nSPS) is 13.4. The Morgan fingerprint density at radius 2 is 1.48 bits per heavy atom. The fourth-order valence-corrected chi connectivity index (χ4v) is 2.49. The van der Waals surface area contributed by atoms with E-state index in [-0.39, 0.29) is 12.0 Å². The molecule has 1 rings (SSSR count). The van der Waals surface area contributed by atoms with Crippen molar-refractivity contribution in [3.8, 4) is 17.2 Å². The molecular weight excluding hydrogens is 376 g/mol. The van der Waals surface area contributed by atoms with Gasteiger partial charge in [0.15, 0.2) is 0 Å². The third-order valence-corrected chi connectivity index (χ3v) is 3.86. The molecule has 0 aliphatic carbocycles. The summed E-state index contributed by atoms with van der Waals surface area (Å²) in [6.45, 7) is 11.2. The number of methoxy groups -OCH3 is 2. The van der Waals surface area contributed by atoms with Gasteiger partial charge in [-0.15, -0.1) is 0 Å². The van der Waals surface area contributed by atoms with Crippen molar-refractivity contribution in [1.29, 1.82) is 0 Å². The van der Waals surface area contributed by atoms with Crippen molar-refractivity contribution in [3.05, 3.63) is 18.2 Å². The summed E-state index contributed by atoms with van der Waals surface area (Å²) in [5, 5.41) is 5.50. The lowest BCUT2D eigenvalue weighted by molar-refractivity contribution is -0.124. The molecule has 29 heavy (non-hydrogen) atoms. The molecule has 0 aliphatic rings. The summed E-state index contributed by atoms with van der Waals surface area (Å²) in [6.07, 6.45) is -0.762. The lowest BCUT2D eigenvalue weighted by Gasteiger charge is -2.26. The Bertz CT molecular complexity index is 662. The van der Waals surface area contributed by atoms with Crippen molar-refractivity contribution >= 4 is 12.0 Å². The first kappa shape index (κ1) is 24.6. The molecule has 0 spiro atoms. The maximum Gasteiger partial charge on any atom is 0.414 e. The van der Waals surface area contributed by atoms with Crippen LogP contribution in [0.25, 0.3) is 0 Å². The SMILES string of the molecule is COc1cc(OC)cc(OCC(C)N[C@H](C(=O)NC(=O)OC(C)(C)C)C(C)C)c1. The molecule has 1 aromatic carbocycles. The van der Waals surface area contributed by atoms with Gasteiger partial charge >= 0.3 is 6.09 Å². The van der Waals surface area contributed by atoms with Gasteiger partial charge in [-0.1, -0.05) is 13.8 Å². The third kappa shape index (κ3) is 9.04. The summed E-state index contributed by atoms with van der Waals surface area (Å²) in [5.74, 6) is 1.35. The van der Waals surface area contributed by atoms with E-state index in [9.17, 15) is 9.59 Å². The van der Waals surface area contributed by atoms with Gasteiger partial charge in [-0.2, -0.15) is 0 Å². The number of amides is 2. The molecule has 8 heteroatoms. The van der Waals surface area contributed by atoms with Gasteiger partial charge in [0.25, 0.3) is 0 Å².